The van der Waals surface area contributed by atoms with Gasteiger partial charge in [-0.15, -0.1) is 0 Å². The van der Waals surface area contributed by atoms with Crippen molar-refractivity contribution in [3.05, 3.63) is 71.4 Å². The number of carbonyl (C=O) groups excluding carboxylic acids is 1. The smallest absolute Gasteiger partial charge is 0.197 e. The van der Waals surface area contributed by atoms with E-state index < -0.39 is 0 Å². The molecule has 0 atom stereocenters. The summed E-state index contributed by atoms with van der Waals surface area (Å²) in [7, 11) is 1.57. The van der Waals surface area contributed by atoms with Gasteiger partial charge in [-0.3, -0.25) is 9.78 Å². The summed E-state index contributed by atoms with van der Waals surface area (Å²) in [5, 5.41) is 0.860. The molecule has 3 nitrogen and oxygen atoms in total. The summed E-state index contributed by atoms with van der Waals surface area (Å²) in [5.41, 5.74) is 2.88. The van der Waals surface area contributed by atoms with Gasteiger partial charge in [-0.25, -0.2) is 0 Å². The predicted molar refractivity (Wildman–Crippen MR) is 82.9 cm³/mol. The molecule has 0 saturated carbocycles. The number of hydrogen-bond donors (Lipinski definition) is 0. The zero-order valence-corrected chi connectivity index (χ0v) is 12.0. The van der Waals surface area contributed by atoms with Crippen molar-refractivity contribution >= 4 is 16.7 Å². The number of nitrogens with zero attached hydrogens (tertiary/aromatic N) is 1. The van der Waals surface area contributed by atoms with Gasteiger partial charge >= 0.3 is 0 Å². The monoisotopic (exact) mass is 277 g/mol. The third-order valence-electron chi connectivity index (χ3n) is 3.44. The second kappa shape index (κ2) is 5.37. The first-order valence-electron chi connectivity index (χ1n) is 6.75. The lowest BCUT2D eigenvalue weighted by Crippen LogP contribution is -2.06. The van der Waals surface area contributed by atoms with E-state index in [1.807, 2.05) is 49.4 Å². The molecule has 0 radical (unpaired) electrons. The van der Waals surface area contributed by atoms with Crippen molar-refractivity contribution in [3.8, 4) is 5.75 Å². The second-order valence-electron chi connectivity index (χ2n) is 4.86. The van der Waals surface area contributed by atoms with E-state index in [0.717, 1.165) is 16.6 Å². The number of aryl methyl sites for hydroxylation is 1. The molecule has 0 saturated heterocycles. The Hall–Kier alpha value is -2.68. The van der Waals surface area contributed by atoms with Crippen LogP contribution in [0.2, 0.25) is 0 Å². The molecule has 0 aliphatic carbocycles. The summed E-state index contributed by atoms with van der Waals surface area (Å²) >= 11 is 0. The molecule has 0 N–H and O–H groups in total. The fourth-order valence-electron chi connectivity index (χ4n) is 2.47. The highest BCUT2D eigenvalue weighted by atomic mass is 16.5. The average molecular weight is 277 g/mol. The number of ether oxygens (including phenoxy) is 1. The first-order chi connectivity index (χ1) is 10.2. The number of para-hydroxylation sites is 2. The van der Waals surface area contributed by atoms with Crippen LogP contribution in [0, 0.1) is 6.92 Å². The molecule has 2 aromatic carbocycles. The topological polar surface area (TPSA) is 39.2 Å². The van der Waals surface area contributed by atoms with Gasteiger partial charge < -0.3 is 4.74 Å². The number of fused-ring (bicyclic) bond motifs is 1. The van der Waals surface area contributed by atoms with Gasteiger partial charge in [-0.05, 0) is 31.2 Å². The number of carbonyl (C=O) groups is 1. The van der Waals surface area contributed by atoms with Crippen LogP contribution in [0.25, 0.3) is 10.9 Å². The molecule has 0 aliphatic rings. The molecule has 0 unspecified atom stereocenters. The molecule has 0 aliphatic heterocycles. The van der Waals surface area contributed by atoms with Gasteiger partial charge in [-0.1, -0.05) is 30.3 Å². The zero-order valence-electron chi connectivity index (χ0n) is 12.0. The maximum Gasteiger partial charge on any atom is 0.197 e. The fourth-order valence-corrected chi connectivity index (χ4v) is 2.47. The van der Waals surface area contributed by atoms with Crippen LogP contribution >= 0.6 is 0 Å². The number of methoxy groups -OCH3 is 1. The third kappa shape index (κ3) is 2.38. The molecule has 0 fully saturated rings. The number of rotatable bonds is 3. The van der Waals surface area contributed by atoms with Gasteiger partial charge in [0.25, 0.3) is 0 Å². The molecule has 0 bridgehead atoms. The number of pyridine rings is 1. The van der Waals surface area contributed by atoms with Crippen LogP contribution in [0.4, 0.5) is 0 Å². The minimum Gasteiger partial charge on any atom is -0.496 e. The first kappa shape index (κ1) is 13.3. The van der Waals surface area contributed by atoms with Gasteiger partial charge in [0.2, 0.25) is 0 Å². The molecule has 3 aromatic rings. The molecule has 104 valence electrons. The van der Waals surface area contributed by atoms with E-state index in [4.69, 9.17) is 4.74 Å². The Labute approximate surface area is 123 Å². The molecule has 3 rings (SSSR count). The Morgan fingerprint density at radius 1 is 1.00 bits per heavy atom. The van der Waals surface area contributed by atoms with Crippen molar-refractivity contribution in [2.45, 2.75) is 6.92 Å². The Balaban J connectivity index is 2.22. The quantitative estimate of drug-likeness (QED) is 0.684. The molecule has 0 amide bonds. The third-order valence-corrected chi connectivity index (χ3v) is 3.44. The van der Waals surface area contributed by atoms with Crippen molar-refractivity contribution in [3.63, 3.8) is 0 Å². The van der Waals surface area contributed by atoms with Crippen LogP contribution < -0.4 is 4.74 Å². The lowest BCUT2D eigenvalue weighted by atomic mass is 9.98. The molecule has 21 heavy (non-hydrogen) atoms. The predicted octanol–water partition coefficient (Wildman–Crippen LogP) is 3.78. The molecule has 1 aromatic heterocycles. The minimum atomic E-state index is -0.0471. The molecular formula is C18H15NO2. The van der Waals surface area contributed by atoms with Crippen molar-refractivity contribution < 1.29 is 9.53 Å². The summed E-state index contributed by atoms with van der Waals surface area (Å²) in [5.74, 6) is 0.537. The Bertz CT molecular complexity index is 824. The zero-order chi connectivity index (χ0) is 14.8. The van der Waals surface area contributed by atoms with Crippen LogP contribution in [0.1, 0.15) is 21.6 Å². The summed E-state index contributed by atoms with van der Waals surface area (Å²) in [6.07, 6.45) is 0. The maximum atomic E-state index is 12.9. The van der Waals surface area contributed by atoms with Gasteiger partial charge in [0.05, 0.1) is 18.2 Å². The van der Waals surface area contributed by atoms with Crippen LogP contribution in [-0.4, -0.2) is 17.9 Å². The van der Waals surface area contributed by atoms with E-state index in [1.165, 1.54) is 0 Å². The highest BCUT2D eigenvalue weighted by Gasteiger charge is 2.17. The summed E-state index contributed by atoms with van der Waals surface area (Å²) in [6.45, 7) is 1.89. The van der Waals surface area contributed by atoms with E-state index >= 15 is 0 Å². The molecule has 1 heterocycles. The Morgan fingerprint density at radius 2 is 1.71 bits per heavy atom. The molecular weight excluding hydrogens is 262 g/mol. The highest BCUT2D eigenvalue weighted by Crippen LogP contribution is 2.25. The van der Waals surface area contributed by atoms with E-state index in [2.05, 4.69) is 4.98 Å². The SMILES string of the molecule is COc1ccccc1C(=O)c1cc(C)nc2ccccc12. The van der Waals surface area contributed by atoms with Crippen molar-refractivity contribution in [2.75, 3.05) is 7.11 Å². The number of ketones is 1. The average Bonchev–Trinajstić information content (AvgIpc) is 2.53. The van der Waals surface area contributed by atoms with E-state index in [9.17, 15) is 4.79 Å². The maximum absolute atomic E-state index is 12.9. The van der Waals surface area contributed by atoms with Gasteiger partial charge in [0, 0.05) is 16.6 Å². The van der Waals surface area contributed by atoms with Crippen molar-refractivity contribution in [1.82, 2.24) is 4.98 Å². The minimum absolute atomic E-state index is 0.0471. The van der Waals surface area contributed by atoms with Crippen molar-refractivity contribution in [1.29, 1.82) is 0 Å². The molecule has 0 spiro atoms. The van der Waals surface area contributed by atoms with E-state index in [0.29, 0.717) is 16.9 Å². The van der Waals surface area contributed by atoms with Gasteiger partial charge in [-0.2, -0.15) is 0 Å². The number of benzene rings is 2. The van der Waals surface area contributed by atoms with Crippen LogP contribution in [-0.2, 0) is 0 Å². The van der Waals surface area contributed by atoms with Crippen molar-refractivity contribution in [2.24, 2.45) is 0 Å². The summed E-state index contributed by atoms with van der Waals surface area (Å²) < 4.78 is 5.29. The normalized spacial score (nSPS) is 10.6. The second-order valence-corrected chi connectivity index (χ2v) is 4.86. The standard InChI is InChI=1S/C18H15NO2/c1-12-11-15(13-7-3-5-9-16(13)19-12)18(20)14-8-4-6-10-17(14)21-2/h3-11H,1-2H3. The van der Waals surface area contributed by atoms with Crippen LogP contribution in [0.5, 0.6) is 5.75 Å². The fraction of sp³-hybridized carbons (Fsp3) is 0.111. The highest BCUT2D eigenvalue weighted by molar-refractivity contribution is 6.17. The van der Waals surface area contributed by atoms with Gasteiger partial charge in [0.1, 0.15) is 5.75 Å². The van der Waals surface area contributed by atoms with E-state index in [-0.39, 0.29) is 5.78 Å². The number of hydrogen-bond acceptors (Lipinski definition) is 3. The summed E-state index contributed by atoms with van der Waals surface area (Å²) in [4.78, 5) is 17.4. The van der Waals surface area contributed by atoms with Crippen LogP contribution in [0.15, 0.2) is 54.6 Å². The summed E-state index contributed by atoms with van der Waals surface area (Å²) in [6, 6.07) is 16.8. The lowest BCUT2D eigenvalue weighted by Gasteiger charge is -2.10. The lowest BCUT2D eigenvalue weighted by molar-refractivity contribution is 0.103. The largest absolute Gasteiger partial charge is 0.496 e. The Kier molecular flexibility index (Phi) is 3.40. The van der Waals surface area contributed by atoms with Gasteiger partial charge in [0.15, 0.2) is 5.78 Å². The number of aromatic nitrogens is 1. The molecule has 3 heteroatoms. The van der Waals surface area contributed by atoms with E-state index in [1.54, 1.807) is 19.2 Å². The Morgan fingerprint density at radius 3 is 2.52 bits per heavy atom. The first-order valence-corrected chi connectivity index (χ1v) is 6.75. The van der Waals surface area contributed by atoms with Crippen LogP contribution in [0.3, 0.4) is 0 Å².